The first-order valence-corrected chi connectivity index (χ1v) is 6.79. The molecule has 4 heteroatoms. The third-order valence-electron chi connectivity index (χ3n) is 2.93. The molecule has 1 aromatic carbocycles. The SMILES string of the molecule is CC[C@@H](C)Oc1cccc(N[C@H](C)CC(=O)NC)c1. The summed E-state index contributed by atoms with van der Waals surface area (Å²) in [6, 6.07) is 7.92. The van der Waals surface area contributed by atoms with Crippen molar-refractivity contribution in [1.29, 1.82) is 0 Å². The standard InChI is InChI=1S/C15H24N2O2/c1-5-12(3)19-14-8-6-7-13(10-14)17-11(2)9-15(18)16-4/h6-8,10-12,17H,5,9H2,1-4H3,(H,16,18)/t11-,12-/m1/s1. The van der Waals surface area contributed by atoms with Gasteiger partial charge in [0.25, 0.3) is 0 Å². The van der Waals surface area contributed by atoms with Crippen LogP contribution in [0, 0.1) is 0 Å². The lowest BCUT2D eigenvalue weighted by molar-refractivity contribution is -0.120. The number of ether oxygens (including phenoxy) is 1. The molecule has 1 amide bonds. The first-order chi connectivity index (χ1) is 9.05. The molecule has 0 fully saturated rings. The molecule has 2 N–H and O–H groups in total. The van der Waals surface area contributed by atoms with E-state index in [0.717, 1.165) is 17.9 Å². The van der Waals surface area contributed by atoms with Crippen LogP contribution < -0.4 is 15.4 Å². The van der Waals surface area contributed by atoms with Crippen LogP contribution in [-0.4, -0.2) is 25.1 Å². The van der Waals surface area contributed by atoms with Crippen molar-refractivity contribution >= 4 is 11.6 Å². The molecule has 1 rings (SSSR count). The van der Waals surface area contributed by atoms with E-state index in [1.54, 1.807) is 7.05 Å². The molecule has 0 radical (unpaired) electrons. The molecule has 0 aliphatic heterocycles. The highest BCUT2D eigenvalue weighted by Crippen LogP contribution is 2.20. The minimum absolute atomic E-state index is 0.0343. The molecule has 0 bridgehead atoms. The molecule has 0 spiro atoms. The van der Waals surface area contributed by atoms with E-state index in [1.165, 1.54) is 0 Å². The summed E-state index contributed by atoms with van der Waals surface area (Å²) in [6.07, 6.45) is 1.64. The van der Waals surface area contributed by atoms with Crippen molar-refractivity contribution in [3.63, 3.8) is 0 Å². The highest BCUT2D eigenvalue weighted by atomic mass is 16.5. The highest BCUT2D eigenvalue weighted by Gasteiger charge is 2.08. The van der Waals surface area contributed by atoms with Crippen LogP contribution in [0.1, 0.15) is 33.6 Å². The maximum absolute atomic E-state index is 11.3. The second-order valence-electron chi connectivity index (χ2n) is 4.79. The zero-order valence-electron chi connectivity index (χ0n) is 12.2. The monoisotopic (exact) mass is 264 g/mol. The van der Waals surface area contributed by atoms with Gasteiger partial charge in [0.15, 0.2) is 0 Å². The van der Waals surface area contributed by atoms with Gasteiger partial charge in [0.1, 0.15) is 5.75 Å². The van der Waals surface area contributed by atoms with Crippen molar-refractivity contribution in [2.75, 3.05) is 12.4 Å². The predicted molar refractivity (Wildman–Crippen MR) is 78.6 cm³/mol. The average Bonchev–Trinajstić information content (AvgIpc) is 2.38. The summed E-state index contributed by atoms with van der Waals surface area (Å²) in [5.41, 5.74) is 0.970. The molecule has 1 aromatic rings. The number of carbonyl (C=O) groups is 1. The second-order valence-corrected chi connectivity index (χ2v) is 4.79. The van der Waals surface area contributed by atoms with E-state index in [4.69, 9.17) is 4.74 Å². The van der Waals surface area contributed by atoms with Crippen molar-refractivity contribution in [2.45, 2.75) is 45.8 Å². The first kappa shape index (κ1) is 15.3. The summed E-state index contributed by atoms with van der Waals surface area (Å²) in [5, 5.41) is 5.92. The average molecular weight is 264 g/mol. The number of anilines is 1. The van der Waals surface area contributed by atoms with Gasteiger partial charge in [-0.05, 0) is 32.4 Å². The van der Waals surface area contributed by atoms with Crippen molar-refractivity contribution < 1.29 is 9.53 Å². The first-order valence-electron chi connectivity index (χ1n) is 6.79. The molecule has 19 heavy (non-hydrogen) atoms. The lowest BCUT2D eigenvalue weighted by Gasteiger charge is -2.17. The molecule has 0 saturated carbocycles. The maximum atomic E-state index is 11.3. The Morgan fingerprint density at radius 1 is 1.37 bits per heavy atom. The molecular weight excluding hydrogens is 240 g/mol. The van der Waals surface area contributed by atoms with Crippen LogP contribution >= 0.6 is 0 Å². The van der Waals surface area contributed by atoms with Crippen LogP contribution in [0.4, 0.5) is 5.69 Å². The van der Waals surface area contributed by atoms with Crippen LogP contribution in [0.5, 0.6) is 5.75 Å². The van der Waals surface area contributed by atoms with Gasteiger partial charge in [0, 0.05) is 31.3 Å². The molecule has 0 aliphatic carbocycles. The number of nitrogens with one attached hydrogen (secondary N) is 2. The van der Waals surface area contributed by atoms with Crippen molar-refractivity contribution in [1.82, 2.24) is 5.32 Å². The lowest BCUT2D eigenvalue weighted by atomic mass is 10.2. The van der Waals surface area contributed by atoms with Crippen LogP contribution in [0.25, 0.3) is 0 Å². The van der Waals surface area contributed by atoms with Gasteiger partial charge in [-0.1, -0.05) is 13.0 Å². The van der Waals surface area contributed by atoms with Gasteiger partial charge in [-0.15, -0.1) is 0 Å². The van der Waals surface area contributed by atoms with Crippen LogP contribution in [0.3, 0.4) is 0 Å². The van der Waals surface area contributed by atoms with Gasteiger partial charge < -0.3 is 15.4 Å². The van der Waals surface area contributed by atoms with E-state index < -0.39 is 0 Å². The van der Waals surface area contributed by atoms with Gasteiger partial charge >= 0.3 is 0 Å². The smallest absolute Gasteiger partial charge is 0.221 e. The fraction of sp³-hybridized carbons (Fsp3) is 0.533. The summed E-state index contributed by atoms with van der Waals surface area (Å²) >= 11 is 0. The lowest BCUT2D eigenvalue weighted by Crippen LogP contribution is -2.26. The molecular formula is C15H24N2O2. The number of benzene rings is 1. The Balaban J connectivity index is 2.58. The molecule has 2 atom stereocenters. The number of hydrogen-bond acceptors (Lipinski definition) is 3. The molecule has 0 saturated heterocycles. The fourth-order valence-corrected chi connectivity index (χ4v) is 1.69. The van der Waals surface area contributed by atoms with Gasteiger partial charge in [0.05, 0.1) is 6.10 Å². The number of carbonyl (C=O) groups excluding carboxylic acids is 1. The number of rotatable bonds is 7. The third kappa shape index (κ3) is 5.64. The van der Waals surface area contributed by atoms with Gasteiger partial charge in [0.2, 0.25) is 5.91 Å². The van der Waals surface area contributed by atoms with Crippen LogP contribution in [0.2, 0.25) is 0 Å². The molecule has 0 aliphatic rings. The van der Waals surface area contributed by atoms with Crippen LogP contribution in [-0.2, 0) is 4.79 Å². The Morgan fingerprint density at radius 2 is 2.11 bits per heavy atom. The Labute approximate surface area is 115 Å². The summed E-state index contributed by atoms with van der Waals surface area (Å²) in [4.78, 5) is 11.3. The summed E-state index contributed by atoms with van der Waals surface area (Å²) < 4.78 is 5.77. The van der Waals surface area contributed by atoms with E-state index in [0.29, 0.717) is 6.42 Å². The van der Waals surface area contributed by atoms with E-state index in [9.17, 15) is 4.79 Å². The van der Waals surface area contributed by atoms with E-state index >= 15 is 0 Å². The zero-order valence-corrected chi connectivity index (χ0v) is 12.2. The molecule has 4 nitrogen and oxygen atoms in total. The summed E-state index contributed by atoms with van der Waals surface area (Å²) in [7, 11) is 1.65. The van der Waals surface area contributed by atoms with Crippen molar-refractivity contribution in [3.8, 4) is 5.75 Å². The minimum atomic E-state index is 0.0343. The normalized spacial score (nSPS) is 13.5. The van der Waals surface area contributed by atoms with Crippen LogP contribution in [0.15, 0.2) is 24.3 Å². The Morgan fingerprint density at radius 3 is 2.74 bits per heavy atom. The van der Waals surface area contributed by atoms with E-state index in [1.807, 2.05) is 38.1 Å². The Bertz CT molecular complexity index is 407. The molecule has 0 aromatic heterocycles. The molecule has 0 heterocycles. The third-order valence-corrected chi connectivity index (χ3v) is 2.93. The minimum Gasteiger partial charge on any atom is -0.491 e. The Kier molecular flexibility index (Phi) is 6.19. The van der Waals surface area contributed by atoms with E-state index in [2.05, 4.69) is 17.6 Å². The van der Waals surface area contributed by atoms with Gasteiger partial charge in [-0.3, -0.25) is 4.79 Å². The highest BCUT2D eigenvalue weighted by molar-refractivity contribution is 5.76. The van der Waals surface area contributed by atoms with Crippen molar-refractivity contribution in [3.05, 3.63) is 24.3 Å². The Hall–Kier alpha value is -1.71. The largest absolute Gasteiger partial charge is 0.491 e. The maximum Gasteiger partial charge on any atom is 0.221 e. The second kappa shape index (κ2) is 7.67. The quantitative estimate of drug-likeness (QED) is 0.796. The zero-order chi connectivity index (χ0) is 14.3. The molecule has 0 unspecified atom stereocenters. The van der Waals surface area contributed by atoms with Crippen molar-refractivity contribution in [2.24, 2.45) is 0 Å². The summed E-state index contributed by atoms with van der Waals surface area (Å²) in [5.74, 6) is 0.888. The number of hydrogen-bond donors (Lipinski definition) is 2. The summed E-state index contributed by atoms with van der Waals surface area (Å²) in [6.45, 7) is 6.13. The molecule has 106 valence electrons. The number of amides is 1. The van der Waals surface area contributed by atoms with Gasteiger partial charge in [-0.25, -0.2) is 0 Å². The topological polar surface area (TPSA) is 50.4 Å². The fourth-order valence-electron chi connectivity index (χ4n) is 1.69. The predicted octanol–water partition coefficient (Wildman–Crippen LogP) is 2.80. The van der Waals surface area contributed by atoms with Gasteiger partial charge in [-0.2, -0.15) is 0 Å². The van der Waals surface area contributed by atoms with E-state index in [-0.39, 0.29) is 18.1 Å².